The molecule has 0 unspecified atom stereocenters. The number of anilines is 1. The summed E-state index contributed by atoms with van der Waals surface area (Å²) in [5.74, 6) is 5.39. The molecule has 2 aromatic rings. The fourth-order valence-electron chi connectivity index (χ4n) is 1.55. The number of carbonyl (C=O) groups excluding carboxylic acids is 1. The maximum atomic E-state index is 12.0. The summed E-state index contributed by atoms with van der Waals surface area (Å²) in [4.78, 5) is 18.2. The van der Waals surface area contributed by atoms with Gasteiger partial charge < -0.3 is 10.7 Å². The fraction of sp³-hybridized carbons (Fsp3) is 0.167. The number of thiophene rings is 1. The van der Waals surface area contributed by atoms with Gasteiger partial charge in [-0.25, -0.2) is 10.8 Å². The van der Waals surface area contributed by atoms with Crippen LogP contribution in [-0.4, -0.2) is 10.9 Å². The van der Waals surface area contributed by atoms with E-state index in [4.69, 9.17) is 17.4 Å². The third-order valence-corrected chi connectivity index (χ3v) is 3.62. The lowest BCUT2D eigenvalue weighted by Gasteiger charge is -2.06. The minimum Gasteiger partial charge on any atom is -0.347 e. The topological polar surface area (TPSA) is 80.0 Å². The molecule has 0 radical (unpaired) electrons. The first kappa shape index (κ1) is 13.8. The number of nitrogens with zero attached hydrogens (tertiary/aromatic N) is 1. The highest BCUT2D eigenvalue weighted by molar-refractivity contribution is 7.11. The van der Waals surface area contributed by atoms with Crippen molar-refractivity contribution in [3.05, 3.63) is 44.7 Å². The van der Waals surface area contributed by atoms with Gasteiger partial charge in [0.1, 0.15) is 11.0 Å². The number of rotatable bonds is 4. The summed E-state index contributed by atoms with van der Waals surface area (Å²) in [5.41, 5.74) is 2.78. The van der Waals surface area contributed by atoms with Crippen molar-refractivity contribution in [2.45, 2.75) is 13.5 Å². The maximum absolute atomic E-state index is 12.0. The molecule has 0 aliphatic carbocycles. The van der Waals surface area contributed by atoms with E-state index in [-0.39, 0.29) is 11.1 Å². The number of halogens is 1. The summed E-state index contributed by atoms with van der Waals surface area (Å²) in [6.07, 6.45) is 0. The standard InChI is InChI=1S/C12H13ClN4OS/c1-7-2-3-9(19-7)6-15-12(18)8-4-10(13)16-11(5-8)17-14/h2-5H,6,14H2,1H3,(H,15,18)(H,16,17). The van der Waals surface area contributed by atoms with E-state index in [0.29, 0.717) is 17.9 Å². The number of nitrogens with two attached hydrogens (primary N) is 1. The molecule has 2 aromatic heterocycles. The molecule has 7 heteroatoms. The van der Waals surface area contributed by atoms with Crippen LogP contribution >= 0.6 is 22.9 Å². The smallest absolute Gasteiger partial charge is 0.251 e. The van der Waals surface area contributed by atoms with Crippen molar-refractivity contribution >= 4 is 34.7 Å². The molecule has 100 valence electrons. The summed E-state index contributed by atoms with van der Waals surface area (Å²) in [6.45, 7) is 2.51. The van der Waals surface area contributed by atoms with Crippen LogP contribution in [0.1, 0.15) is 20.1 Å². The number of pyridine rings is 1. The van der Waals surface area contributed by atoms with Crippen LogP contribution in [0.5, 0.6) is 0 Å². The van der Waals surface area contributed by atoms with Gasteiger partial charge in [-0.2, -0.15) is 0 Å². The van der Waals surface area contributed by atoms with Crippen LogP contribution < -0.4 is 16.6 Å². The molecular formula is C12H13ClN4OS. The number of nitrogens with one attached hydrogen (secondary N) is 2. The molecule has 19 heavy (non-hydrogen) atoms. The average Bonchev–Trinajstić information content (AvgIpc) is 2.81. The van der Waals surface area contributed by atoms with Crippen molar-refractivity contribution < 1.29 is 4.79 Å². The van der Waals surface area contributed by atoms with Gasteiger partial charge in [0, 0.05) is 15.3 Å². The largest absolute Gasteiger partial charge is 0.347 e. The molecule has 0 atom stereocenters. The minimum atomic E-state index is -0.216. The van der Waals surface area contributed by atoms with Gasteiger partial charge in [0.2, 0.25) is 0 Å². The van der Waals surface area contributed by atoms with Gasteiger partial charge in [-0.3, -0.25) is 4.79 Å². The van der Waals surface area contributed by atoms with Gasteiger partial charge in [0.25, 0.3) is 5.91 Å². The normalized spacial score (nSPS) is 10.3. The third-order valence-electron chi connectivity index (χ3n) is 2.42. The predicted octanol–water partition coefficient (Wildman–Crippen LogP) is 2.32. The van der Waals surface area contributed by atoms with Crippen LogP contribution in [0, 0.1) is 6.92 Å². The van der Waals surface area contributed by atoms with E-state index in [1.165, 1.54) is 10.9 Å². The fourth-order valence-corrected chi connectivity index (χ4v) is 2.59. The Morgan fingerprint density at radius 3 is 2.89 bits per heavy atom. The second kappa shape index (κ2) is 6.01. The van der Waals surface area contributed by atoms with Crippen molar-refractivity contribution in [2.24, 2.45) is 5.84 Å². The number of hydrogen-bond acceptors (Lipinski definition) is 5. The number of nitrogen functional groups attached to an aromatic ring is 1. The number of amides is 1. The average molecular weight is 297 g/mol. The lowest BCUT2D eigenvalue weighted by molar-refractivity contribution is 0.0951. The summed E-state index contributed by atoms with van der Waals surface area (Å²) < 4.78 is 0. The molecule has 0 aromatic carbocycles. The highest BCUT2D eigenvalue weighted by Gasteiger charge is 2.09. The molecule has 0 bridgehead atoms. The number of aryl methyl sites for hydroxylation is 1. The highest BCUT2D eigenvalue weighted by atomic mass is 35.5. The minimum absolute atomic E-state index is 0.215. The monoisotopic (exact) mass is 296 g/mol. The van der Waals surface area contributed by atoms with Crippen LogP contribution in [0.15, 0.2) is 24.3 Å². The molecule has 4 N–H and O–H groups in total. The quantitative estimate of drug-likeness (QED) is 0.459. The summed E-state index contributed by atoms with van der Waals surface area (Å²) in [5, 5.41) is 3.04. The second-order valence-corrected chi connectivity index (χ2v) is 5.66. The Balaban J connectivity index is 2.05. The summed E-state index contributed by atoms with van der Waals surface area (Å²) >= 11 is 7.46. The van der Waals surface area contributed by atoms with Crippen LogP contribution in [0.25, 0.3) is 0 Å². The maximum Gasteiger partial charge on any atom is 0.251 e. The van der Waals surface area contributed by atoms with Crippen LogP contribution in [-0.2, 0) is 6.54 Å². The summed E-state index contributed by atoms with van der Waals surface area (Å²) in [7, 11) is 0. The lowest BCUT2D eigenvalue weighted by Crippen LogP contribution is -2.23. The van der Waals surface area contributed by atoms with Crippen molar-refractivity contribution in [3.8, 4) is 0 Å². The third kappa shape index (κ3) is 3.66. The molecule has 2 heterocycles. The zero-order chi connectivity index (χ0) is 13.8. The van der Waals surface area contributed by atoms with Crippen molar-refractivity contribution in [1.29, 1.82) is 0 Å². The molecule has 1 amide bonds. The van der Waals surface area contributed by atoms with Gasteiger partial charge in [-0.1, -0.05) is 11.6 Å². The van der Waals surface area contributed by atoms with Crippen LogP contribution in [0.4, 0.5) is 5.82 Å². The van der Waals surface area contributed by atoms with E-state index >= 15 is 0 Å². The first-order chi connectivity index (χ1) is 9.08. The number of carbonyl (C=O) groups is 1. The van der Waals surface area contributed by atoms with Crippen LogP contribution in [0.3, 0.4) is 0 Å². The van der Waals surface area contributed by atoms with Crippen molar-refractivity contribution in [2.75, 3.05) is 5.43 Å². The van der Waals surface area contributed by atoms with E-state index < -0.39 is 0 Å². The first-order valence-corrected chi connectivity index (χ1v) is 6.75. The second-order valence-electron chi connectivity index (χ2n) is 3.90. The molecule has 2 rings (SSSR count). The van der Waals surface area contributed by atoms with E-state index in [0.717, 1.165) is 4.88 Å². The number of hydrogen-bond donors (Lipinski definition) is 3. The van der Waals surface area contributed by atoms with E-state index in [9.17, 15) is 4.79 Å². The van der Waals surface area contributed by atoms with Gasteiger partial charge in [0.15, 0.2) is 0 Å². The van der Waals surface area contributed by atoms with Gasteiger partial charge in [0.05, 0.1) is 6.54 Å². The molecule has 0 aliphatic rings. The van der Waals surface area contributed by atoms with E-state index in [2.05, 4.69) is 15.7 Å². The Kier molecular flexibility index (Phi) is 4.36. The lowest BCUT2D eigenvalue weighted by atomic mass is 10.2. The molecule has 0 spiro atoms. The molecule has 0 saturated carbocycles. The van der Waals surface area contributed by atoms with Crippen molar-refractivity contribution in [1.82, 2.24) is 10.3 Å². The number of hydrazine groups is 1. The Labute approximate surface area is 119 Å². The predicted molar refractivity (Wildman–Crippen MR) is 77.3 cm³/mol. The summed E-state index contributed by atoms with van der Waals surface area (Å²) in [6, 6.07) is 7.05. The Bertz CT molecular complexity index is 599. The van der Waals surface area contributed by atoms with Gasteiger partial charge in [-0.15, -0.1) is 11.3 Å². The Morgan fingerprint density at radius 2 is 2.26 bits per heavy atom. The first-order valence-electron chi connectivity index (χ1n) is 5.56. The molecule has 5 nitrogen and oxygen atoms in total. The Hall–Kier alpha value is -1.63. The zero-order valence-corrected chi connectivity index (χ0v) is 11.8. The molecule has 0 fully saturated rings. The molecule has 0 saturated heterocycles. The van der Waals surface area contributed by atoms with E-state index in [1.807, 2.05) is 19.1 Å². The highest BCUT2D eigenvalue weighted by Crippen LogP contribution is 2.16. The van der Waals surface area contributed by atoms with Gasteiger partial charge in [-0.05, 0) is 31.2 Å². The molecular weight excluding hydrogens is 284 g/mol. The van der Waals surface area contributed by atoms with Gasteiger partial charge >= 0.3 is 0 Å². The molecule has 0 aliphatic heterocycles. The van der Waals surface area contributed by atoms with Crippen molar-refractivity contribution in [3.63, 3.8) is 0 Å². The SMILES string of the molecule is Cc1ccc(CNC(=O)c2cc(Cl)nc(NN)c2)s1. The van der Waals surface area contributed by atoms with E-state index in [1.54, 1.807) is 17.4 Å². The number of aromatic nitrogens is 1. The zero-order valence-electron chi connectivity index (χ0n) is 10.2. The Morgan fingerprint density at radius 1 is 1.47 bits per heavy atom. The van der Waals surface area contributed by atoms with Crippen LogP contribution in [0.2, 0.25) is 5.15 Å².